The second-order valence-electron chi connectivity index (χ2n) is 4.92. The van der Waals surface area contributed by atoms with Crippen molar-refractivity contribution in [2.24, 2.45) is 0 Å². The summed E-state index contributed by atoms with van der Waals surface area (Å²) in [6, 6.07) is 0.209. The van der Waals surface area contributed by atoms with Crippen molar-refractivity contribution in [2.45, 2.75) is 44.6 Å². The zero-order chi connectivity index (χ0) is 14.2. The van der Waals surface area contributed by atoms with Crippen molar-refractivity contribution in [3.63, 3.8) is 0 Å². The van der Waals surface area contributed by atoms with Crippen LogP contribution in [-0.2, 0) is 9.53 Å². The number of aromatic nitrogens is 2. The van der Waals surface area contributed by atoms with Gasteiger partial charge in [-0.1, -0.05) is 25.7 Å². The van der Waals surface area contributed by atoms with Gasteiger partial charge >= 0.3 is 5.97 Å². The molecule has 0 radical (unpaired) electrons. The van der Waals surface area contributed by atoms with Crippen LogP contribution >= 0.6 is 0 Å². The molecule has 1 heterocycles. The molecule has 0 atom stereocenters. The van der Waals surface area contributed by atoms with E-state index in [4.69, 9.17) is 4.74 Å². The molecule has 2 rings (SSSR count). The normalized spacial score (nSPS) is 16.2. The molecule has 6 nitrogen and oxygen atoms in total. The van der Waals surface area contributed by atoms with E-state index in [1.54, 1.807) is 0 Å². The summed E-state index contributed by atoms with van der Waals surface area (Å²) >= 11 is 0. The van der Waals surface area contributed by atoms with Crippen LogP contribution in [0.4, 0.5) is 0 Å². The maximum absolute atomic E-state index is 11.7. The first kappa shape index (κ1) is 14.4. The molecule has 1 aliphatic carbocycles. The molecule has 1 amide bonds. The Balaban J connectivity index is 1.73. The number of carbonyl (C=O) groups is 2. The second-order valence-corrected chi connectivity index (χ2v) is 4.92. The van der Waals surface area contributed by atoms with E-state index in [1.807, 2.05) is 0 Å². The van der Waals surface area contributed by atoms with Crippen LogP contribution in [0.3, 0.4) is 0 Å². The van der Waals surface area contributed by atoms with Crippen molar-refractivity contribution in [1.29, 1.82) is 0 Å². The number of esters is 1. The molecule has 1 aliphatic rings. The van der Waals surface area contributed by atoms with E-state index in [2.05, 4.69) is 15.3 Å². The van der Waals surface area contributed by atoms with Crippen LogP contribution in [0.15, 0.2) is 18.6 Å². The molecule has 108 valence electrons. The first-order valence-electron chi connectivity index (χ1n) is 6.98. The molecule has 6 heteroatoms. The average molecular weight is 277 g/mol. The zero-order valence-electron chi connectivity index (χ0n) is 11.4. The van der Waals surface area contributed by atoms with Gasteiger partial charge in [-0.3, -0.25) is 9.78 Å². The van der Waals surface area contributed by atoms with E-state index in [0.717, 1.165) is 25.7 Å². The van der Waals surface area contributed by atoms with Gasteiger partial charge in [0.2, 0.25) is 0 Å². The van der Waals surface area contributed by atoms with E-state index in [9.17, 15) is 9.59 Å². The van der Waals surface area contributed by atoms with Crippen molar-refractivity contribution in [2.75, 3.05) is 6.61 Å². The lowest BCUT2D eigenvalue weighted by Gasteiger charge is -2.15. The monoisotopic (exact) mass is 277 g/mol. The van der Waals surface area contributed by atoms with Gasteiger partial charge < -0.3 is 10.1 Å². The number of carbonyl (C=O) groups excluding carboxylic acids is 2. The van der Waals surface area contributed by atoms with Gasteiger partial charge in [-0.05, 0) is 12.8 Å². The minimum Gasteiger partial charge on any atom is -0.451 e. The minimum atomic E-state index is -0.630. The molecule has 0 aromatic carbocycles. The molecule has 1 N–H and O–H groups in total. The van der Waals surface area contributed by atoms with Gasteiger partial charge in [0.25, 0.3) is 5.91 Å². The van der Waals surface area contributed by atoms with Crippen LogP contribution in [0.2, 0.25) is 0 Å². The highest BCUT2D eigenvalue weighted by molar-refractivity contribution is 5.89. The summed E-state index contributed by atoms with van der Waals surface area (Å²) in [7, 11) is 0. The van der Waals surface area contributed by atoms with Gasteiger partial charge in [-0.2, -0.15) is 0 Å². The third-order valence-electron chi connectivity index (χ3n) is 3.33. The summed E-state index contributed by atoms with van der Waals surface area (Å²) < 4.78 is 4.91. The number of rotatable bonds is 4. The predicted molar refractivity (Wildman–Crippen MR) is 71.9 cm³/mol. The number of hydrogen-bond acceptors (Lipinski definition) is 5. The fourth-order valence-electron chi connectivity index (χ4n) is 2.30. The number of amides is 1. The summed E-state index contributed by atoms with van der Waals surface area (Å²) in [6.45, 7) is -0.272. The van der Waals surface area contributed by atoms with Gasteiger partial charge in [-0.15, -0.1) is 0 Å². The lowest BCUT2D eigenvalue weighted by molar-refractivity contribution is -0.125. The lowest BCUT2D eigenvalue weighted by Crippen LogP contribution is -2.37. The van der Waals surface area contributed by atoms with Gasteiger partial charge in [0.05, 0.1) is 6.20 Å². The van der Waals surface area contributed by atoms with E-state index >= 15 is 0 Å². The summed E-state index contributed by atoms with van der Waals surface area (Å²) in [5, 5.41) is 2.91. The Hall–Kier alpha value is -1.98. The third-order valence-corrected chi connectivity index (χ3v) is 3.33. The molecule has 0 aliphatic heterocycles. The predicted octanol–water partition coefficient (Wildman–Crippen LogP) is 1.47. The summed E-state index contributed by atoms with van der Waals surface area (Å²) in [5.41, 5.74) is 0.106. The third kappa shape index (κ3) is 4.60. The Morgan fingerprint density at radius 1 is 1.20 bits per heavy atom. The van der Waals surface area contributed by atoms with E-state index in [0.29, 0.717) is 0 Å². The van der Waals surface area contributed by atoms with Crippen LogP contribution in [0.5, 0.6) is 0 Å². The van der Waals surface area contributed by atoms with Crippen molar-refractivity contribution in [3.8, 4) is 0 Å². The topological polar surface area (TPSA) is 81.2 Å². The highest BCUT2D eigenvalue weighted by atomic mass is 16.5. The Kier molecular flexibility index (Phi) is 5.46. The molecular formula is C14H19N3O3. The van der Waals surface area contributed by atoms with Crippen LogP contribution < -0.4 is 5.32 Å². The SMILES string of the molecule is O=C(COC(=O)c1cnccn1)NC1CCCCCC1. The highest BCUT2D eigenvalue weighted by Gasteiger charge is 2.16. The molecule has 0 saturated heterocycles. The largest absolute Gasteiger partial charge is 0.451 e. The Morgan fingerprint density at radius 2 is 1.95 bits per heavy atom. The van der Waals surface area contributed by atoms with E-state index < -0.39 is 5.97 Å². The van der Waals surface area contributed by atoms with Crippen LogP contribution in [0, 0.1) is 0 Å². The van der Waals surface area contributed by atoms with Gasteiger partial charge in [-0.25, -0.2) is 9.78 Å². The van der Waals surface area contributed by atoms with Crippen molar-refractivity contribution >= 4 is 11.9 Å². The minimum absolute atomic E-state index is 0.106. The molecule has 1 aromatic heterocycles. The van der Waals surface area contributed by atoms with Crippen LogP contribution in [0.25, 0.3) is 0 Å². The molecule has 0 bridgehead atoms. The van der Waals surface area contributed by atoms with Gasteiger partial charge in [0.15, 0.2) is 12.3 Å². The van der Waals surface area contributed by atoms with Crippen molar-refractivity contribution < 1.29 is 14.3 Å². The fraction of sp³-hybridized carbons (Fsp3) is 0.571. The molecule has 0 unspecified atom stereocenters. The van der Waals surface area contributed by atoms with Gasteiger partial charge in [0.1, 0.15) is 0 Å². The maximum atomic E-state index is 11.7. The molecule has 20 heavy (non-hydrogen) atoms. The highest BCUT2D eigenvalue weighted by Crippen LogP contribution is 2.17. The summed E-state index contributed by atoms with van der Waals surface area (Å²) in [6.07, 6.45) is 10.9. The molecule has 0 spiro atoms. The second kappa shape index (κ2) is 7.57. The maximum Gasteiger partial charge on any atom is 0.359 e. The Labute approximate surface area is 118 Å². The standard InChI is InChI=1S/C14H19N3O3/c18-13(17-11-5-3-1-2-4-6-11)10-20-14(19)12-9-15-7-8-16-12/h7-9,11H,1-6,10H2,(H,17,18). The quantitative estimate of drug-likeness (QED) is 0.666. The smallest absolute Gasteiger partial charge is 0.359 e. The average Bonchev–Trinajstić information content (AvgIpc) is 2.74. The van der Waals surface area contributed by atoms with Crippen molar-refractivity contribution in [3.05, 3.63) is 24.3 Å². The number of nitrogens with one attached hydrogen (secondary N) is 1. The van der Waals surface area contributed by atoms with Crippen LogP contribution in [-0.4, -0.2) is 34.5 Å². The Morgan fingerprint density at radius 3 is 2.60 bits per heavy atom. The first-order chi connectivity index (χ1) is 9.75. The van der Waals surface area contributed by atoms with Crippen LogP contribution in [0.1, 0.15) is 49.0 Å². The number of nitrogens with zero attached hydrogens (tertiary/aromatic N) is 2. The zero-order valence-corrected chi connectivity index (χ0v) is 11.4. The summed E-state index contributed by atoms with van der Waals surface area (Å²) in [5.74, 6) is -0.886. The number of hydrogen-bond donors (Lipinski definition) is 1. The van der Waals surface area contributed by atoms with E-state index in [1.165, 1.54) is 31.4 Å². The lowest BCUT2D eigenvalue weighted by atomic mass is 10.1. The van der Waals surface area contributed by atoms with Gasteiger partial charge in [0, 0.05) is 18.4 Å². The molecule has 1 fully saturated rings. The summed E-state index contributed by atoms with van der Waals surface area (Å²) in [4.78, 5) is 30.9. The van der Waals surface area contributed by atoms with Crippen molar-refractivity contribution in [1.82, 2.24) is 15.3 Å². The first-order valence-corrected chi connectivity index (χ1v) is 6.98. The Bertz CT molecular complexity index is 442. The molecular weight excluding hydrogens is 258 g/mol. The fourth-order valence-corrected chi connectivity index (χ4v) is 2.30. The number of ether oxygens (including phenoxy) is 1. The molecule has 1 saturated carbocycles. The molecule has 1 aromatic rings. The van der Waals surface area contributed by atoms with E-state index in [-0.39, 0.29) is 24.2 Å².